The summed E-state index contributed by atoms with van der Waals surface area (Å²) in [6.07, 6.45) is 3.45. The lowest BCUT2D eigenvalue weighted by molar-refractivity contribution is -0.124. The second-order valence-electron chi connectivity index (χ2n) is 7.15. The lowest BCUT2D eigenvalue weighted by Gasteiger charge is -2.15. The fourth-order valence-electron chi connectivity index (χ4n) is 3.42. The van der Waals surface area contributed by atoms with Crippen LogP contribution in [0.15, 0.2) is 6.07 Å². The number of carbonyl (C=O) groups excluding carboxylic acids is 3. The van der Waals surface area contributed by atoms with Gasteiger partial charge in [0.2, 0.25) is 0 Å². The normalized spacial score (nSPS) is 13.6. The van der Waals surface area contributed by atoms with Crippen molar-refractivity contribution in [2.45, 2.75) is 59.0 Å². The Balaban J connectivity index is 1.73. The first-order valence-electron chi connectivity index (χ1n) is 10.2. The van der Waals surface area contributed by atoms with E-state index in [-0.39, 0.29) is 28.5 Å². The van der Waals surface area contributed by atoms with Crippen LogP contribution in [0.1, 0.15) is 74.0 Å². The summed E-state index contributed by atoms with van der Waals surface area (Å²) in [7, 11) is 0. The molecule has 0 aliphatic heterocycles. The molecule has 2 heterocycles. The predicted octanol–water partition coefficient (Wildman–Crippen LogP) is 4.62. The number of fused-ring (bicyclic) bond motifs is 1. The van der Waals surface area contributed by atoms with Crippen LogP contribution in [0.25, 0.3) is 0 Å². The van der Waals surface area contributed by atoms with Gasteiger partial charge in [-0.2, -0.15) is 5.26 Å². The van der Waals surface area contributed by atoms with E-state index in [1.54, 1.807) is 20.8 Å². The van der Waals surface area contributed by atoms with Crippen LogP contribution in [0, 0.1) is 18.3 Å². The number of hydrogen-bond donors (Lipinski definition) is 1. The lowest BCUT2D eigenvalue weighted by atomic mass is 9.99. The van der Waals surface area contributed by atoms with Crippen LogP contribution >= 0.6 is 22.7 Å². The molecule has 164 valence electrons. The van der Waals surface area contributed by atoms with Crippen LogP contribution < -0.4 is 5.32 Å². The number of hydrogen-bond acceptors (Lipinski definition) is 8. The highest BCUT2D eigenvalue weighted by atomic mass is 32.1. The minimum atomic E-state index is -1.01. The van der Waals surface area contributed by atoms with Crippen LogP contribution in [0.5, 0.6) is 0 Å². The van der Waals surface area contributed by atoms with Crippen molar-refractivity contribution in [2.24, 2.45) is 0 Å². The van der Waals surface area contributed by atoms with Gasteiger partial charge < -0.3 is 14.8 Å². The smallest absolute Gasteiger partial charge is 0.349 e. The highest BCUT2D eigenvalue weighted by molar-refractivity contribution is 7.18. The molecule has 9 heteroatoms. The Kier molecular flexibility index (Phi) is 7.46. The average Bonchev–Trinajstić information content (AvgIpc) is 3.32. The third kappa shape index (κ3) is 4.97. The van der Waals surface area contributed by atoms with E-state index in [2.05, 4.69) is 5.32 Å². The highest BCUT2D eigenvalue weighted by Crippen LogP contribution is 2.34. The number of esters is 2. The first kappa shape index (κ1) is 23.0. The Hall–Kier alpha value is -2.70. The second-order valence-corrected chi connectivity index (χ2v) is 9.31. The van der Waals surface area contributed by atoms with Crippen molar-refractivity contribution in [2.75, 3.05) is 11.9 Å². The quantitative estimate of drug-likeness (QED) is 0.605. The molecule has 2 aromatic heterocycles. The Morgan fingerprint density at radius 2 is 1.94 bits per heavy atom. The fraction of sp³-hybridized carbons (Fsp3) is 0.455. The van der Waals surface area contributed by atoms with E-state index >= 15 is 0 Å². The van der Waals surface area contributed by atoms with Crippen molar-refractivity contribution in [1.29, 1.82) is 5.26 Å². The van der Waals surface area contributed by atoms with Crippen molar-refractivity contribution < 1.29 is 23.9 Å². The molecule has 1 aliphatic carbocycles. The molecule has 0 saturated heterocycles. The van der Waals surface area contributed by atoms with E-state index in [0.29, 0.717) is 10.4 Å². The van der Waals surface area contributed by atoms with Crippen LogP contribution in [-0.4, -0.2) is 30.6 Å². The topological polar surface area (TPSA) is 105 Å². The largest absolute Gasteiger partial charge is 0.462 e. The van der Waals surface area contributed by atoms with Crippen LogP contribution in [0.3, 0.4) is 0 Å². The second kappa shape index (κ2) is 10.1. The summed E-state index contributed by atoms with van der Waals surface area (Å²) in [4.78, 5) is 39.5. The van der Waals surface area contributed by atoms with E-state index in [1.807, 2.05) is 12.1 Å². The zero-order chi connectivity index (χ0) is 22.5. The third-order valence-electron chi connectivity index (χ3n) is 5.07. The summed E-state index contributed by atoms with van der Waals surface area (Å²) < 4.78 is 10.5. The molecule has 7 nitrogen and oxygen atoms in total. The van der Waals surface area contributed by atoms with Crippen molar-refractivity contribution in [1.82, 2.24) is 0 Å². The molecule has 1 unspecified atom stereocenters. The summed E-state index contributed by atoms with van der Waals surface area (Å²) in [5, 5.41) is 12.4. The van der Waals surface area contributed by atoms with E-state index in [4.69, 9.17) is 9.47 Å². The number of nitriles is 1. The predicted molar refractivity (Wildman–Crippen MR) is 119 cm³/mol. The number of anilines is 1. The Labute approximate surface area is 189 Å². The monoisotopic (exact) mass is 460 g/mol. The van der Waals surface area contributed by atoms with Crippen molar-refractivity contribution in [3.8, 4) is 6.07 Å². The maximum Gasteiger partial charge on any atom is 0.349 e. The Bertz CT molecular complexity index is 1020. The number of rotatable bonds is 7. The minimum Gasteiger partial charge on any atom is -0.462 e. The molecule has 1 N–H and O–H groups in total. The van der Waals surface area contributed by atoms with E-state index in [1.165, 1.54) is 21.8 Å². The van der Waals surface area contributed by atoms with Gasteiger partial charge in [-0.15, -0.1) is 22.7 Å². The summed E-state index contributed by atoms with van der Waals surface area (Å²) in [5.41, 5.74) is 1.85. The van der Waals surface area contributed by atoms with Gasteiger partial charge in [0.05, 0.1) is 12.2 Å². The van der Waals surface area contributed by atoms with Crippen LogP contribution in [0.4, 0.5) is 5.00 Å². The van der Waals surface area contributed by atoms with Gasteiger partial charge in [0.15, 0.2) is 6.10 Å². The standard InChI is InChI=1S/C22H24N2O5S2/c1-4-15(29-21(26)17-10-13-8-6-7-9-16(13)30-17)19(25)24-20-14(11-23)12(3)18(31-20)22(27)28-5-2/h10,15H,4-9H2,1-3H3,(H,24,25). The van der Waals surface area contributed by atoms with Crippen molar-refractivity contribution in [3.05, 3.63) is 37.4 Å². The molecule has 1 atom stereocenters. The molecule has 2 aromatic rings. The molecule has 0 radical (unpaired) electrons. The third-order valence-corrected chi connectivity index (χ3v) is 7.47. The Morgan fingerprint density at radius 1 is 1.19 bits per heavy atom. The van der Waals surface area contributed by atoms with Gasteiger partial charge in [-0.25, -0.2) is 9.59 Å². The highest BCUT2D eigenvalue weighted by Gasteiger charge is 2.28. The van der Waals surface area contributed by atoms with Gasteiger partial charge in [-0.1, -0.05) is 6.92 Å². The number of ether oxygens (including phenoxy) is 2. The number of carbonyl (C=O) groups is 3. The molecular formula is C22H24N2O5S2. The van der Waals surface area contributed by atoms with Gasteiger partial charge in [0, 0.05) is 4.88 Å². The van der Waals surface area contributed by atoms with Crippen LogP contribution in [0.2, 0.25) is 0 Å². The molecule has 3 rings (SSSR count). The van der Waals surface area contributed by atoms with Crippen LogP contribution in [-0.2, 0) is 27.1 Å². The van der Waals surface area contributed by atoms with Gasteiger partial charge in [-0.05, 0) is 63.1 Å². The maximum absolute atomic E-state index is 12.8. The van der Waals surface area contributed by atoms with Gasteiger partial charge in [-0.3, -0.25) is 4.79 Å². The van der Waals surface area contributed by atoms with Crippen molar-refractivity contribution in [3.63, 3.8) is 0 Å². The summed E-state index contributed by atoms with van der Waals surface area (Å²) in [5.74, 6) is -1.59. The zero-order valence-electron chi connectivity index (χ0n) is 17.7. The average molecular weight is 461 g/mol. The number of nitrogens with zero attached hydrogens (tertiary/aromatic N) is 1. The first-order chi connectivity index (χ1) is 14.9. The summed E-state index contributed by atoms with van der Waals surface area (Å²) >= 11 is 2.41. The summed E-state index contributed by atoms with van der Waals surface area (Å²) in [6.45, 7) is 5.28. The molecule has 0 bridgehead atoms. The Morgan fingerprint density at radius 3 is 2.58 bits per heavy atom. The SMILES string of the molecule is CCOC(=O)c1sc(NC(=O)C(CC)OC(=O)c2cc3c(s2)CCCC3)c(C#N)c1C. The van der Waals surface area contributed by atoms with E-state index < -0.39 is 23.9 Å². The summed E-state index contributed by atoms with van der Waals surface area (Å²) in [6, 6.07) is 3.89. The molecule has 0 fully saturated rings. The molecule has 0 aromatic carbocycles. The molecule has 0 saturated carbocycles. The lowest BCUT2D eigenvalue weighted by Crippen LogP contribution is -2.31. The number of thiophene rings is 2. The molecule has 1 amide bonds. The number of nitrogens with one attached hydrogen (secondary N) is 1. The van der Waals surface area contributed by atoms with E-state index in [9.17, 15) is 19.6 Å². The van der Waals surface area contributed by atoms with Gasteiger partial charge >= 0.3 is 11.9 Å². The number of amides is 1. The maximum atomic E-state index is 12.8. The fourth-order valence-corrected chi connectivity index (χ4v) is 5.61. The first-order valence-corrected chi connectivity index (χ1v) is 11.9. The molecular weight excluding hydrogens is 436 g/mol. The number of aryl methyl sites for hydroxylation is 2. The van der Waals surface area contributed by atoms with Crippen molar-refractivity contribution >= 4 is 45.5 Å². The molecule has 0 spiro atoms. The molecule has 1 aliphatic rings. The van der Waals surface area contributed by atoms with Gasteiger partial charge in [0.1, 0.15) is 20.8 Å². The molecule has 31 heavy (non-hydrogen) atoms. The minimum absolute atomic E-state index is 0.202. The van der Waals surface area contributed by atoms with Gasteiger partial charge in [0.25, 0.3) is 5.91 Å². The zero-order valence-corrected chi connectivity index (χ0v) is 19.3. The van der Waals surface area contributed by atoms with E-state index in [0.717, 1.165) is 37.0 Å².